The fourth-order valence-corrected chi connectivity index (χ4v) is 2.77. The average Bonchev–Trinajstić information content (AvgIpc) is 3.10. The first-order chi connectivity index (χ1) is 14.1. The molecule has 29 heavy (non-hydrogen) atoms. The highest BCUT2D eigenvalue weighted by atomic mass is 19.1. The maximum atomic E-state index is 12.8. The summed E-state index contributed by atoms with van der Waals surface area (Å²) in [4.78, 5) is 14.9. The van der Waals surface area contributed by atoms with Crippen LogP contribution in [0.3, 0.4) is 0 Å². The van der Waals surface area contributed by atoms with Gasteiger partial charge in [-0.05, 0) is 62.6 Å². The molecule has 0 aliphatic rings. The van der Waals surface area contributed by atoms with Crippen LogP contribution in [0, 0.1) is 0 Å². The lowest BCUT2D eigenvalue weighted by molar-refractivity contribution is 0.261. The predicted octanol–water partition coefficient (Wildman–Crippen LogP) is 3.31. The smallest absolute Gasteiger partial charge is 0.337 e. The molecule has 3 aromatic rings. The van der Waals surface area contributed by atoms with Crippen molar-refractivity contribution in [3.63, 3.8) is 0 Å². The van der Waals surface area contributed by atoms with Crippen LogP contribution in [0.2, 0.25) is 0 Å². The van der Waals surface area contributed by atoms with Gasteiger partial charge in [-0.3, -0.25) is 13.5 Å². The number of benzene rings is 2. The van der Waals surface area contributed by atoms with E-state index in [0.717, 1.165) is 23.7 Å². The van der Waals surface area contributed by atoms with E-state index in [4.69, 9.17) is 9.47 Å². The third-order valence-corrected chi connectivity index (χ3v) is 4.36. The molecular weight excluding hydrogens is 373 g/mol. The molecule has 0 saturated carbocycles. The van der Waals surface area contributed by atoms with Crippen molar-refractivity contribution >= 4 is 0 Å². The summed E-state index contributed by atoms with van der Waals surface area (Å²) in [5.41, 5.74) is 1.33. The van der Waals surface area contributed by atoms with Gasteiger partial charge in [0.2, 0.25) is 0 Å². The Labute approximate surface area is 169 Å². The standard InChI is InChI=1S/C22H26FN3O3/c1-24(2)15-17-29-21-10-6-19(7-11-21)26-14-13-25(22(26)27)18-4-8-20(9-5-18)28-16-3-12-23/h4-11,13-14H,3,12,15-17H2,1-2H3. The van der Waals surface area contributed by atoms with Crippen molar-refractivity contribution in [3.8, 4) is 22.9 Å². The Kier molecular flexibility index (Phi) is 7.08. The number of halogens is 1. The lowest BCUT2D eigenvalue weighted by Gasteiger charge is -2.11. The lowest BCUT2D eigenvalue weighted by atomic mass is 10.3. The third-order valence-electron chi connectivity index (χ3n) is 4.36. The van der Waals surface area contributed by atoms with Gasteiger partial charge < -0.3 is 14.4 Å². The molecule has 0 fully saturated rings. The molecule has 3 rings (SSSR count). The van der Waals surface area contributed by atoms with Crippen LogP contribution in [-0.2, 0) is 0 Å². The molecule has 0 atom stereocenters. The number of alkyl halides is 1. The van der Waals surface area contributed by atoms with E-state index >= 15 is 0 Å². The van der Waals surface area contributed by atoms with Crippen LogP contribution in [-0.4, -0.2) is 54.6 Å². The van der Waals surface area contributed by atoms with Gasteiger partial charge in [-0.15, -0.1) is 0 Å². The summed E-state index contributed by atoms with van der Waals surface area (Å²) >= 11 is 0. The van der Waals surface area contributed by atoms with Crippen LogP contribution >= 0.6 is 0 Å². The van der Waals surface area contributed by atoms with Crippen molar-refractivity contribution < 1.29 is 13.9 Å². The van der Waals surface area contributed by atoms with Gasteiger partial charge in [-0.25, -0.2) is 4.79 Å². The highest BCUT2D eigenvalue weighted by Gasteiger charge is 2.08. The fraction of sp³-hybridized carbons (Fsp3) is 0.318. The number of hydrogen-bond acceptors (Lipinski definition) is 4. The highest BCUT2D eigenvalue weighted by Crippen LogP contribution is 2.17. The van der Waals surface area contributed by atoms with E-state index in [2.05, 4.69) is 4.90 Å². The van der Waals surface area contributed by atoms with Gasteiger partial charge in [0, 0.05) is 25.4 Å². The highest BCUT2D eigenvalue weighted by molar-refractivity contribution is 5.40. The number of imidazole rings is 1. The molecule has 0 bridgehead atoms. The zero-order valence-electron chi connectivity index (χ0n) is 16.8. The quantitative estimate of drug-likeness (QED) is 0.491. The van der Waals surface area contributed by atoms with E-state index < -0.39 is 6.67 Å². The summed E-state index contributed by atoms with van der Waals surface area (Å²) in [5, 5.41) is 0. The summed E-state index contributed by atoms with van der Waals surface area (Å²) < 4.78 is 26.4. The van der Waals surface area contributed by atoms with Crippen molar-refractivity contribution in [1.82, 2.24) is 14.0 Å². The molecule has 0 aliphatic heterocycles. The first kappa shape index (κ1) is 20.7. The van der Waals surface area contributed by atoms with Crippen LogP contribution in [0.25, 0.3) is 11.4 Å². The number of ether oxygens (including phenoxy) is 2. The van der Waals surface area contributed by atoms with Gasteiger partial charge in [0.15, 0.2) is 0 Å². The van der Waals surface area contributed by atoms with Crippen molar-refractivity contribution in [2.45, 2.75) is 6.42 Å². The molecule has 0 aliphatic carbocycles. The summed E-state index contributed by atoms with van der Waals surface area (Å²) in [6.07, 6.45) is 3.82. The predicted molar refractivity (Wildman–Crippen MR) is 112 cm³/mol. The van der Waals surface area contributed by atoms with E-state index in [1.54, 1.807) is 45.8 Å². The minimum atomic E-state index is -0.399. The Morgan fingerprint density at radius 1 is 0.828 bits per heavy atom. The molecule has 0 saturated heterocycles. The molecule has 0 amide bonds. The Balaban J connectivity index is 1.70. The number of aromatic nitrogens is 2. The topological polar surface area (TPSA) is 48.6 Å². The van der Waals surface area contributed by atoms with E-state index in [-0.39, 0.29) is 5.69 Å². The zero-order chi connectivity index (χ0) is 20.6. The Morgan fingerprint density at radius 2 is 1.31 bits per heavy atom. The number of likely N-dealkylation sites (N-methyl/N-ethyl adjacent to an activating group) is 1. The van der Waals surface area contributed by atoms with Crippen molar-refractivity contribution in [3.05, 3.63) is 71.4 Å². The van der Waals surface area contributed by atoms with Crippen LogP contribution in [0.1, 0.15) is 6.42 Å². The fourth-order valence-electron chi connectivity index (χ4n) is 2.77. The SMILES string of the molecule is CN(C)CCOc1ccc(-n2ccn(-c3ccc(OCCCF)cc3)c2=O)cc1. The first-order valence-corrected chi connectivity index (χ1v) is 9.55. The minimum absolute atomic E-state index is 0.169. The average molecular weight is 399 g/mol. The van der Waals surface area contributed by atoms with Gasteiger partial charge in [-0.2, -0.15) is 0 Å². The van der Waals surface area contributed by atoms with Gasteiger partial charge in [0.1, 0.15) is 18.1 Å². The number of hydrogen-bond donors (Lipinski definition) is 0. The molecule has 1 aromatic heterocycles. The van der Waals surface area contributed by atoms with Gasteiger partial charge in [0.25, 0.3) is 0 Å². The molecule has 0 unspecified atom stereocenters. The largest absolute Gasteiger partial charge is 0.493 e. The second kappa shape index (κ2) is 9.93. The van der Waals surface area contributed by atoms with E-state index in [1.807, 2.05) is 38.4 Å². The summed E-state index contributed by atoms with van der Waals surface area (Å²) in [6.45, 7) is 1.38. The monoisotopic (exact) mass is 399 g/mol. The Bertz CT molecular complexity index is 947. The molecule has 6 nitrogen and oxygen atoms in total. The third kappa shape index (κ3) is 5.48. The second-order valence-electron chi connectivity index (χ2n) is 6.85. The normalized spacial score (nSPS) is 11.0. The molecule has 7 heteroatoms. The molecule has 0 N–H and O–H groups in total. The van der Waals surface area contributed by atoms with Crippen LogP contribution in [0.5, 0.6) is 11.5 Å². The Morgan fingerprint density at radius 3 is 1.76 bits per heavy atom. The maximum Gasteiger partial charge on any atom is 0.337 e. The van der Waals surface area contributed by atoms with Crippen molar-refractivity contribution in [2.75, 3.05) is 40.5 Å². The first-order valence-electron chi connectivity index (χ1n) is 9.55. The summed E-state index contributed by atoms with van der Waals surface area (Å²) in [6, 6.07) is 14.6. The van der Waals surface area contributed by atoms with Gasteiger partial charge in [-0.1, -0.05) is 0 Å². The maximum absolute atomic E-state index is 12.8. The molecule has 1 heterocycles. The summed E-state index contributed by atoms with van der Waals surface area (Å²) in [5.74, 6) is 1.42. The minimum Gasteiger partial charge on any atom is -0.493 e. The number of rotatable bonds is 10. The molecule has 2 aromatic carbocycles. The van der Waals surface area contributed by atoms with E-state index in [1.165, 1.54) is 0 Å². The van der Waals surface area contributed by atoms with Crippen molar-refractivity contribution in [1.29, 1.82) is 0 Å². The van der Waals surface area contributed by atoms with Crippen LogP contribution in [0.15, 0.2) is 65.7 Å². The summed E-state index contributed by atoms with van der Waals surface area (Å²) in [7, 11) is 3.99. The van der Waals surface area contributed by atoms with Crippen LogP contribution < -0.4 is 15.2 Å². The Hall–Kier alpha value is -3.06. The van der Waals surface area contributed by atoms with Crippen LogP contribution in [0.4, 0.5) is 4.39 Å². The van der Waals surface area contributed by atoms with Gasteiger partial charge >= 0.3 is 5.69 Å². The number of nitrogens with zero attached hydrogens (tertiary/aromatic N) is 3. The molecule has 154 valence electrons. The second-order valence-corrected chi connectivity index (χ2v) is 6.85. The van der Waals surface area contributed by atoms with Gasteiger partial charge in [0.05, 0.1) is 24.7 Å². The van der Waals surface area contributed by atoms with E-state index in [9.17, 15) is 9.18 Å². The van der Waals surface area contributed by atoms with E-state index in [0.29, 0.717) is 25.4 Å². The lowest BCUT2D eigenvalue weighted by Crippen LogP contribution is -2.21. The molecular formula is C22H26FN3O3. The molecule has 0 spiro atoms. The molecule has 0 radical (unpaired) electrons. The zero-order valence-corrected chi connectivity index (χ0v) is 16.8. The van der Waals surface area contributed by atoms with Crippen molar-refractivity contribution in [2.24, 2.45) is 0 Å².